The lowest BCUT2D eigenvalue weighted by Crippen LogP contribution is -2.26. The highest BCUT2D eigenvalue weighted by molar-refractivity contribution is 5.99. The first-order chi connectivity index (χ1) is 14.2. The largest absolute Gasteiger partial charge is 0.493 e. The van der Waals surface area contributed by atoms with Gasteiger partial charge >= 0.3 is 0 Å². The molecule has 0 spiro atoms. The molecular weight excluding hydrogens is 369 g/mol. The molecule has 1 aliphatic heterocycles. The first-order valence-electron chi connectivity index (χ1n) is 9.56. The molecule has 29 heavy (non-hydrogen) atoms. The fourth-order valence-electron chi connectivity index (χ4n) is 3.52. The number of fused-ring (bicyclic) bond motifs is 1. The third-order valence-electron chi connectivity index (χ3n) is 5.11. The highest BCUT2D eigenvalue weighted by Crippen LogP contribution is 2.35. The summed E-state index contributed by atoms with van der Waals surface area (Å²) in [5.74, 6) is 0.835. The Kier molecular flexibility index (Phi) is 5.47. The van der Waals surface area contributed by atoms with Crippen LogP contribution in [0, 0.1) is 5.82 Å². The number of carbonyl (C=O) groups excluding carboxylic acids is 1. The summed E-state index contributed by atoms with van der Waals surface area (Å²) in [6, 6.07) is 20.1. The minimum Gasteiger partial charge on any atom is -0.493 e. The molecule has 3 aromatic carbocycles. The number of hydrogen-bond donors (Lipinski definition) is 0. The van der Waals surface area contributed by atoms with Gasteiger partial charge in [0.1, 0.15) is 12.4 Å². The molecule has 148 valence electrons. The molecule has 0 N–H and O–H groups in total. The van der Waals surface area contributed by atoms with Gasteiger partial charge in [-0.15, -0.1) is 0 Å². The first-order valence-corrected chi connectivity index (χ1v) is 9.56. The van der Waals surface area contributed by atoms with E-state index in [0.29, 0.717) is 48.7 Å². The van der Waals surface area contributed by atoms with E-state index < -0.39 is 0 Å². The maximum Gasteiger partial charge on any atom is 0.254 e. The van der Waals surface area contributed by atoms with E-state index >= 15 is 0 Å². The topological polar surface area (TPSA) is 38.8 Å². The van der Waals surface area contributed by atoms with Gasteiger partial charge in [-0.2, -0.15) is 0 Å². The zero-order chi connectivity index (χ0) is 20.2. The molecule has 0 aliphatic carbocycles. The van der Waals surface area contributed by atoms with Gasteiger partial charge in [0.15, 0.2) is 11.5 Å². The second kappa shape index (κ2) is 8.35. The highest BCUT2D eigenvalue weighted by atomic mass is 19.1. The van der Waals surface area contributed by atoms with E-state index in [1.54, 1.807) is 36.3 Å². The Morgan fingerprint density at radius 1 is 1.00 bits per heavy atom. The molecule has 0 unspecified atom stereocenters. The Bertz CT molecular complexity index is 1020. The molecule has 0 fully saturated rings. The number of carbonyl (C=O) groups is 1. The molecule has 0 bridgehead atoms. The lowest BCUT2D eigenvalue weighted by atomic mass is 10.1. The van der Waals surface area contributed by atoms with E-state index in [4.69, 9.17) is 9.47 Å². The van der Waals surface area contributed by atoms with Gasteiger partial charge in [-0.25, -0.2) is 4.39 Å². The van der Waals surface area contributed by atoms with Crippen molar-refractivity contribution < 1.29 is 18.7 Å². The Morgan fingerprint density at radius 2 is 1.76 bits per heavy atom. The summed E-state index contributed by atoms with van der Waals surface area (Å²) in [6.07, 6.45) is 0.473. The summed E-state index contributed by atoms with van der Waals surface area (Å²) in [6.45, 7) is 1.35. The Hall–Kier alpha value is -3.34. The molecule has 0 radical (unpaired) electrons. The van der Waals surface area contributed by atoms with Crippen LogP contribution in [-0.4, -0.2) is 24.5 Å². The van der Waals surface area contributed by atoms with Crippen LogP contribution in [0.1, 0.15) is 27.0 Å². The summed E-state index contributed by atoms with van der Waals surface area (Å²) in [7, 11) is 1.56. The smallest absolute Gasteiger partial charge is 0.254 e. The van der Waals surface area contributed by atoms with Crippen molar-refractivity contribution in [1.82, 2.24) is 4.90 Å². The van der Waals surface area contributed by atoms with Crippen LogP contribution in [0.2, 0.25) is 0 Å². The maximum absolute atomic E-state index is 13.9. The molecule has 0 atom stereocenters. The zero-order valence-corrected chi connectivity index (χ0v) is 16.2. The van der Waals surface area contributed by atoms with E-state index in [1.807, 2.05) is 36.4 Å². The van der Waals surface area contributed by atoms with E-state index in [9.17, 15) is 9.18 Å². The average Bonchev–Trinajstić information content (AvgIpc) is 3.06. The molecule has 1 aliphatic rings. The van der Waals surface area contributed by atoms with Crippen molar-refractivity contribution in [2.24, 2.45) is 0 Å². The molecule has 0 saturated heterocycles. The number of methoxy groups -OCH3 is 1. The van der Waals surface area contributed by atoms with Crippen molar-refractivity contribution in [2.45, 2.75) is 19.6 Å². The predicted molar refractivity (Wildman–Crippen MR) is 109 cm³/mol. The average molecular weight is 391 g/mol. The summed E-state index contributed by atoms with van der Waals surface area (Å²) in [5.41, 5.74) is 3.17. The molecule has 1 heterocycles. The minimum atomic E-state index is -0.241. The van der Waals surface area contributed by atoms with Gasteiger partial charge in [-0.3, -0.25) is 4.79 Å². The monoisotopic (exact) mass is 391 g/mol. The molecule has 5 heteroatoms. The molecule has 4 nitrogen and oxygen atoms in total. The Morgan fingerprint density at radius 3 is 2.52 bits per heavy atom. The normalized spacial score (nSPS) is 12.8. The van der Waals surface area contributed by atoms with Crippen molar-refractivity contribution in [3.63, 3.8) is 0 Å². The molecule has 0 aromatic heterocycles. The Labute approximate surface area is 169 Å². The first kappa shape index (κ1) is 19.0. The third-order valence-corrected chi connectivity index (χ3v) is 5.11. The van der Waals surface area contributed by atoms with Gasteiger partial charge in [0.25, 0.3) is 5.91 Å². The van der Waals surface area contributed by atoms with Crippen LogP contribution in [0.3, 0.4) is 0 Å². The predicted octanol–water partition coefficient (Wildman–Crippen LogP) is 4.61. The number of benzene rings is 3. The van der Waals surface area contributed by atoms with Crippen molar-refractivity contribution in [3.05, 3.63) is 94.8 Å². The van der Waals surface area contributed by atoms with Gasteiger partial charge < -0.3 is 14.4 Å². The third kappa shape index (κ3) is 4.09. The number of halogens is 1. The lowest BCUT2D eigenvalue weighted by Gasteiger charge is -2.15. The van der Waals surface area contributed by atoms with E-state index in [-0.39, 0.29) is 11.7 Å². The van der Waals surface area contributed by atoms with Crippen molar-refractivity contribution in [2.75, 3.05) is 13.7 Å². The van der Waals surface area contributed by atoms with Crippen LogP contribution in [0.4, 0.5) is 4.39 Å². The summed E-state index contributed by atoms with van der Waals surface area (Å²) in [5, 5.41) is 0. The number of ether oxygens (including phenoxy) is 2. The summed E-state index contributed by atoms with van der Waals surface area (Å²) in [4.78, 5) is 14.5. The molecule has 1 amide bonds. The van der Waals surface area contributed by atoms with Gasteiger partial charge in [0, 0.05) is 18.7 Å². The van der Waals surface area contributed by atoms with Crippen molar-refractivity contribution >= 4 is 5.91 Å². The molecule has 0 saturated carbocycles. The van der Waals surface area contributed by atoms with Crippen LogP contribution >= 0.6 is 0 Å². The molecule has 3 aromatic rings. The SMILES string of the molecule is COc1cc2c(cc1OCc1ccccc1)CN(CCc1ccccc1F)C2=O. The van der Waals surface area contributed by atoms with E-state index in [2.05, 4.69) is 0 Å². The van der Waals surface area contributed by atoms with Crippen molar-refractivity contribution in [3.8, 4) is 11.5 Å². The van der Waals surface area contributed by atoms with Crippen LogP contribution in [-0.2, 0) is 19.6 Å². The number of amides is 1. The maximum atomic E-state index is 13.9. The van der Waals surface area contributed by atoms with Gasteiger partial charge in [0.05, 0.1) is 7.11 Å². The van der Waals surface area contributed by atoms with Crippen LogP contribution in [0.5, 0.6) is 11.5 Å². The van der Waals surface area contributed by atoms with Crippen LogP contribution in [0.15, 0.2) is 66.7 Å². The quantitative estimate of drug-likeness (QED) is 0.590. The van der Waals surface area contributed by atoms with Crippen LogP contribution < -0.4 is 9.47 Å². The second-order valence-corrected chi connectivity index (χ2v) is 7.00. The van der Waals surface area contributed by atoms with Crippen molar-refractivity contribution in [1.29, 1.82) is 0 Å². The fourth-order valence-corrected chi connectivity index (χ4v) is 3.52. The zero-order valence-electron chi connectivity index (χ0n) is 16.2. The molecular formula is C24H22FNO3. The van der Waals surface area contributed by atoms with Gasteiger partial charge in [-0.05, 0) is 41.3 Å². The number of rotatable bonds is 7. The summed E-state index contributed by atoms with van der Waals surface area (Å²) >= 11 is 0. The highest BCUT2D eigenvalue weighted by Gasteiger charge is 2.29. The minimum absolute atomic E-state index is 0.0655. The fraction of sp³-hybridized carbons (Fsp3) is 0.208. The van der Waals surface area contributed by atoms with E-state index in [1.165, 1.54) is 6.07 Å². The number of nitrogens with zero attached hydrogens (tertiary/aromatic N) is 1. The van der Waals surface area contributed by atoms with Gasteiger partial charge in [-0.1, -0.05) is 48.5 Å². The van der Waals surface area contributed by atoms with E-state index in [0.717, 1.165) is 11.1 Å². The standard InChI is InChI=1S/C24H22FNO3/c1-28-22-14-20-19(13-23(22)29-16-17-7-3-2-4-8-17)15-26(24(20)27)12-11-18-9-5-6-10-21(18)25/h2-10,13-14H,11-12,15-16H2,1H3. The molecule has 4 rings (SSSR count). The Balaban J connectivity index is 1.48. The second-order valence-electron chi connectivity index (χ2n) is 7.00. The van der Waals surface area contributed by atoms with Gasteiger partial charge in [0.2, 0.25) is 0 Å². The van der Waals surface area contributed by atoms with Crippen LogP contribution in [0.25, 0.3) is 0 Å². The summed E-state index contributed by atoms with van der Waals surface area (Å²) < 4.78 is 25.3. The number of hydrogen-bond acceptors (Lipinski definition) is 3. The lowest BCUT2D eigenvalue weighted by molar-refractivity contribution is 0.0779.